The van der Waals surface area contributed by atoms with Crippen molar-refractivity contribution in [3.05, 3.63) is 71.5 Å². The van der Waals surface area contributed by atoms with Gasteiger partial charge in [0.2, 0.25) is 5.91 Å². The number of rotatable bonds is 3. The van der Waals surface area contributed by atoms with Crippen molar-refractivity contribution in [2.75, 3.05) is 19.6 Å². The summed E-state index contributed by atoms with van der Waals surface area (Å²) in [5, 5.41) is 6.70. The van der Waals surface area contributed by atoms with E-state index in [1.54, 1.807) is 6.92 Å². The van der Waals surface area contributed by atoms with Crippen LogP contribution < -0.4 is 0 Å². The van der Waals surface area contributed by atoms with Crippen LogP contribution in [0.1, 0.15) is 34.5 Å². The molecule has 5 rings (SSSR count). The van der Waals surface area contributed by atoms with Gasteiger partial charge in [-0.15, -0.1) is 0 Å². The number of likely N-dealkylation sites (tertiary alicyclic amines) is 2. The van der Waals surface area contributed by atoms with Crippen LogP contribution in [-0.4, -0.2) is 56.4 Å². The lowest BCUT2D eigenvalue weighted by atomic mass is 9.87. The van der Waals surface area contributed by atoms with Gasteiger partial charge in [-0.2, -0.15) is 5.10 Å². The number of carbonyl (C=O) groups is 2. The molecule has 2 aromatic carbocycles. The number of aryl methyl sites for hydroxylation is 1. The average Bonchev–Trinajstić information content (AvgIpc) is 3.50. The lowest BCUT2D eigenvalue weighted by Gasteiger charge is -2.30. The summed E-state index contributed by atoms with van der Waals surface area (Å²) in [4.78, 5) is 33.7. The Morgan fingerprint density at radius 2 is 1.81 bits per heavy atom. The lowest BCUT2D eigenvalue weighted by Crippen LogP contribution is -2.36. The van der Waals surface area contributed by atoms with Crippen molar-refractivity contribution in [2.45, 2.75) is 19.9 Å². The van der Waals surface area contributed by atoms with E-state index in [-0.39, 0.29) is 23.8 Å². The highest BCUT2D eigenvalue weighted by Crippen LogP contribution is 2.46. The van der Waals surface area contributed by atoms with Crippen LogP contribution in [-0.2, 0) is 4.79 Å². The number of carbonyl (C=O) groups excluding carboxylic acids is 2. The quantitative estimate of drug-likeness (QED) is 0.713. The predicted octanol–water partition coefficient (Wildman–Crippen LogP) is 3.07. The largest absolute Gasteiger partial charge is 0.338 e. The van der Waals surface area contributed by atoms with Crippen molar-refractivity contribution in [3.8, 4) is 11.4 Å². The summed E-state index contributed by atoms with van der Waals surface area (Å²) < 4.78 is 0. The highest BCUT2D eigenvalue weighted by atomic mass is 16.2. The Bertz CT molecular complexity index is 1110. The second-order valence-corrected chi connectivity index (χ2v) is 8.52. The van der Waals surface area contributed by atoms with E-state index in [1.165, 1.54) is 17.5 Å². The van der Waals surface area contributed by atoms with Crippen molar-refractivity contribution >= 4 is 11.8 Å². The van der Waals surface area contributed by atoms with Crippen molar-refractivity contribution in [2.24, 2.45) is 11.8 Å². The summed E-state index contributed by atoms with van der Waals surface area (Å²) in [5.41, 5.74) is 3.94. The first-order chi connectivity index (χ1) is 15.0. The molecule has 2 saturated heterocycles. The zero-order valence-electron chi connectivity index (χ0n) is 17.7. The topological polar surface area (TPSA) is 82.2 Å². The van der Waals surface area contributed by atoms with Crippen LogP contribution >= 0.6 is 0 Å². The maximum Gasteiger partial charge on any atom is 0.253 e. The van der Waals surface area contributed by atoms with Crippen molar-refractivity contribution in [1.82, 2.24) is 25.0 Å². The molecule has 0 aliphatic carbocycles. The Hall–Kier alpha value is -3.48. The van der Waals surface area contributed by atoms with E-state index in [2.05, 4.69) is 34.2 Å². The van der Waals surface area contributed by atoms with E-state index in [4.69, 9.17) is 0 Å². The van der Waals surface area contributed by atoms with Crippen LogP contribution in [0.2, 0.25) is 0 Å². The van der Waals surface area contributed by atoms with Gasteiger partial charge in [0.1, 0.15) is 6.33 Å². The molecule has 3 aromatic rings. The monoisotopic (exact) mass is 415 g/mol. The highest BCUT2D eigenvalue weighted by Gasteiger charge is 2.49. The van der Waals surface area contributed by atoms with Crippen molar-refractivity contribution in [1.29, 1.82) is 0 Å². The van der Waals surface area contributed by atoms with Gasteiger partial charge in [0, 0.05) is 49.5 Å². The fourth-order valence-electron chi connectivity index (χ4n) is 5.15. The zero-order chi connectivity index (χ0) is 21.5. The Labute approximate surface area is 181 Å². The van der Waals surface area contributed by atoms with Gasteiger partial charge in [-0.3, -0.25) is 14.7 Å². The molecule has 1 aromatic heterocycles. The first kappa shape index (κ1) is 19.5. The summed E-state index contributed by atoms with van der Waals surface area (Å²) in [7, 11) is 0. The number of hydrogen-bond acceptors (Lipinski definition) is 4. The second-order valence-electron chi connectivity index (χ2n) is 8.52. The Morgan fingerprint density at radius 3 is 2.48 bits per heavy atom. The maximum absolute atomic E-state index is 13.2. The minimum Gasteiger partial charge on any atom is -0.338 e. The lowest BCUT2D eigenvalue weighted by molar-refractivity contribution is -0.130. The van der Waals surface area contributed by atoms with E-state index in [0.717, 1.165) is 5.56 Å². The summed E-state index contributed by atoms with van der Waals surface area (Å²) in [6.07, 6.45) is 1.46. The van der Waals surface area contributed by atoms with E-state index in [9.17, 15) is 9.59 Å². The number of aromatic nitrogens is 3. The summed E-state index contributed by atoms with van der Waals surface area (Å²) in [6, 6.07) is 15.7. The SMILES string of the molecule is CC(=O)N1C[C@H]2CN(C(=O)c3ccc(-c4ncn[nH]4)cc3)C[C@H]2[C@@H]1c1ccccc1C. The Kier molecular flexibility index (Phi) is 4.81. The van der Waals surface area contributed by atoms with E-state index in [0.29, 0.717) is 36.9 Å². The van der Waals surface area contributed by atoms with Gasteiger partial charge in [-0.05, 0) is 30.2 Å². The number of benzene rings is 2. The van der Waals surface area contributed by atoms with Crippen LogP contribution in [0.15, 0.2) is 54.9 Å². The molecule has 158 valence electrons. The van der Waals surface area contributed by atoms with Gasteiger partial charge in [-0.25, -0.2) is 4.98 Å². The average molecular weight is 415 g/mol. The molecule has 7 nitrogen and oxygen atoms in total. The molecule has 0 spiro atoms. The number of nitrogens with zero attached hydrogens (tertiary/aromatic N) is 4. The number of hydrogen-bond donors (Lipinski definition) is 1. The van der Waals surface area contributed by atoms with Crippen LogP contribution in [0.25, 0.3) is 11.4 Å². The second kappa shape index (κ2) is 7.65. The molecule has 0 saturated carbocycles. The molecule has 2 aliphatic rings. The fourth-order valence-corrected chi connectivity index (χ4v) is 5.15. The molecule has 0 radical (unpaired) electrons. The molecule has 3 heterocycles. The molecule has 0 unspecified atom stereocenters. The number of amides is 2. The number of aromatic amines is 1. The van der Waals surface area contributed by atoms with Crippen molar-refractivity contribution < 1.29 is 9.59 Å². The summed E-state index contributed by atoms with van der Waals surface area (Å²) >= 11 is 0. The minimum atomic E-state index is 0.0235. The molecule has 7 heteroatoms. The van der Waals surface area contributed by atoms with E-state index in [1.807, 2.05) is 46.2 Å². The van der Waals surface area contributed by atoms with Gasteiger partial charge in [0.05, 0.1) is 6.04 Å². The third-order valence-corrected chi connectivity index (χ3v) is 6.68. The van der Waals surface area contributed by atoms with Crippen LogP contribution in [0.3, 0.4) is 0 Å². The molecule has 2 aliphatic heterocycles. The van der Waals surface area contributed by atoms with E-state index < -0.39 is 0 Å². The zero-order valence-corrected chi connectivity index (χ0v) is 17.7. The number of H-pyrrole nitrogens is 1. The normalized spacial score (nSPS) is 22.6. The third kappa shape index (κ3) is 3.40. The van der Waals surface area contributed by atoms with Crippen LogP contribution in [0, 0.1) is 18.8 Å². The van der Waals surface area contributed by atoms with Crippen molar-refractivity contribution in [3.63, 3.8) is 0 Å². The molecule has 1 N–H and O–H groups in total. The predicted molar refractivity (Wildman–Crippen MR) is 116 cm³/mol. The summed E-state index contributed by atoms with van der Waals surface area (Å²) in [6.45, 7) is 5.78. The Morgan fingerprint density at radius 1 is 1.03 bits per heavy atom. The smallest absolute Gasteiger partial charge is 0.253 e. The first-order valence-corrected chi connectivity index (χ1v) is 10.6. The van der Waals surface area contributed by atoms with Crippen LogP contribution in [0.5, 0.6) is 0 Å². The van der Waals surface area contributed by atoms with Gasteiger partial charge in [-0.1, -0.05) is 36.4 Å². The number of fused-ring (bicyclic) bond motifs is 1. The van der Waals surface area contributed by atoms with Gasteiger partial charge >= 0.3 is 0 Å². The Balaban J connectivity index is 1.37. The van der Waals surface area contributed by atoms with Crippen LogP contribution in [0.4, 0.5) is 0 Å². The third-order valence-electron chi connectivity index (χ3n) is 6.68. The van der Waals surface area contributed by atoms with Gasteiger partial charge in [0.15, 0.2) is 5.82 Å². The standard InChI is InChI=1S/C24H25N5O2/c1-15-5-3-4-6-20(15)22-21-13-28(11-19(21)12-29(22)16(2)30)24(31)18-9-7-17(8-10-18)23-25-14-26-27-23/h3-10,14,19,21-22H,11-13H2,1-2H3,(H,25,26,27)/t19-,21-,22+/m1/s1. The minimum absolute atomic E-state index is 0.0235. The highest BCUT2D eigenvalue weighted by molar-refractivity contribution is 5.95. The molecule has 2 amide bonds. The fraction of sp³-hybridized carbons (Fsp3) is 0.333. The molecule has 0 bridgehead atoms. The number of nitrogens with one attached hydrogen (secondary N) is 1. The van der Waals surface area contributed by atoms with Gasteiger partial charge < -0.3 is 9.80 Å². The molecular weight excluding hydrogens is 390 g/mol. The molecule has 2 fully saturated rings. The molecule has 31 heavy (non-hydrogen) atoms. The molecular formula is C24H25N5O2. The maximum atomic E-state index is 13.2. The molecule has 3 atom stereocenters. The summed E-state index contributed by atoms with van der Waals surface area (Å²) in [5.74, 6) is 1.37. The van der Waals surface area contributed by atoms with Gasteiger partial charge in [0.25, 0.3) is 5.91 Å². The first-order valence-electron chi connectivity index (χ1n) is 10.6. The van der Waals surface area contributed by atoms with E-state index >= 15 is 0 Å².